The monoisotopic (exact) mass is 271 g/mol. The van der Waals surface area contributed by atoms with Crippen LogP contribution in [0.2, 0.25) is 0 Å². The molecule has 0 spiro atoms. The zero-order chi connectivity index (χ0) is 14.1. The summed E-state index contributed by atoms with van der Waals surface area (Å²) in [5.74, 6) is 0. The summed E-state index contributed by atoms with van der Waals surface area (Å²) >= 11 is 0. The summed E-state index contributed by atoms with van der Waals surface area (Å²) < 4.78 is 0. The zero-order valence-corrected chi connectivity index (χ0v) is 12.0. The average molecular weight is 271 g/mol. The highest BCUT2D eigenvalue weighted by Gasteiger charge is 2.29. The second-order valence-corrected chi connectivity index (χ2v) is 5.71. The molecule has 2 heterocycles. The molecule has 1 aliphatic heterocycles. The van der Waals surface area contributed by atoms with Crippen molar-refractivity contribution in [3.8, 4) is 0 Å². The van der Waals surface area contributed by atoms with Gasteiger partial charge in [-0.1, -0.05) is 18.2 Å². The Hall–Kier alpha value is -1.97. The fourth-order valence-electron chi connectivity index (χ4n) is 3.18. The van der Waals surface area contributed by atoms with Crippen molar-refractivity contribution >= 4 is 22.6 Å². The Morgan fingerprint density at radius 1 is 1.25 bits per heavy atom. The Labute approximate surface area is 119 Å². The summed E-state index contributed by atoms with van der Waals surface area (Å²) in [4.78, 5) is 17.7. The van der Waals surface area contributed by atoms with Crippen LogP contribution in [-0.2, 0) is 0 Å². The van der Waals surface area contributed by atoms with Crippen LogP contribution in [0.1, 0.15) is 33.1 Å². The van der Waals surface area contributed by atoms with E-state index in [2.05, 4.69) is 24.1 Å². The molecule has 2 amide bonds. The SMILES string of the molecule is C[C@@H]1CCC[C@H](C)N1C(=O)Nc1c[nH]c2ccccc12. The Morgan fingerprint density at radius 2 is 1.95 bits per heavy atom. The largest absolute Gasteiger partial charge is 0.359 e. The van der Waals surface area contributed by atoms with E-state index in [0.29, 0.717) is 12.1 Å². The molecular formula is C16H21N3O. The molecular weight excluding hydrogens is 250 g/mol. The van der Waals surface area contributed by atoms with Crippen molar-refractivity contribution in [2.45, 2.75) is 45.2 Å². The molecule has 3 rings (SSSR count). The quantitative estimate of drug-likeness (QED) is 0.810. The van der Waals surface area contributed by atoms with E-state index < -0.39 is 0 Å². The molecule has 106 valence electrons. The highest BCUT2D eigenvalue weighted by Crippen LogP contribution is 2.26. The number of rotatable bonds is 1. The van der Waals surface area contributed by atoms with Crippen LogP contribution >= 0.6 is 0 Å². The molecule has 2 aromatic rings. The summed E-state index contributed by atoms with van der Waals surface area (Å²) in [5.41, 5.74) is 1.90. The maximum Gasteiger partial charge on any atom is 0.322 e. The van der Waals surface area contributed by atoms with E-state index in [9.17, 15) is 4.79 Å². The van der Waals surface area contributed by atoms with Crippen LogP contribution < -0.4 is 5.32 Å². The van der Waals surface area contributed by atoms with Crippen molar-refractivity contribution < 1.29 is 4.79 Å². The molecule has 2 atom stereocenters. The minimum absolute atomic E-state index is 0.00875. The minimum atomic E-state index is 0.00875. The van der Waals surface area contributed by atoms with Crippen molar-refractivity contribution in [3.63, 3.8) is 0 Å². The van der Waals surface area contributed by atoms with Crippen molar-refractivity contribution in [1.29, 1.82) is 0 Å². The highest BCUT2D eigenvalue weighted by atomic mass is 16.2. The van der Waals surface area contributed by atoms with E-state index in [4.69, 9.17) is 0 Å². The van der Waals surface area contributed by atoms with E-state index in [1.807, 2.05) is 35.4 Å². The van der Waals surface area contributed by atoms with Gasteiger partial charge in [-0.2, -0.15) is 0 Å². The van der Waals surface area contributed by atoms with Gasteiger partial charge in [0.05, 0.1) is 5.69 Å². The fourth-order valence-corrected chi connectivity index (χ4v) is 3.18. The lowest BCUT2D eigenvalue weighted by Gasteiger charge is -2.38. The lowest BCUT2D eigenvalue weighted by molar-refractivity contribution is 0.133. The van der Waals surface area contributed by atoms with Crippen LogP contribution in [0, 0.1) is 0 Å². The number of anilines is 1. The van der Waals surface area contributed by atoms with Gasteiger partial charge >= 0.3 is 6.03 Å². The Balaban J connectivity index is 1.81. The topological polar surface area (TPSA) is 48.1 Å². The number of nitrogens with zero attached hydrogens (tertiary/aromatic N) is 1. The molecule has 4 nitrogen and oxygen atoms in total. The van der Waals surface area contributed by atoms with Crippen molar-refractivity contribution in [2.75, 3.05) is 5.32 Å². The number of carbonyl (C=O) groups is 1. The number of nitrogens with one attached hydrogen (secondary N) is 2. The molecule has 0 bridgehead atoms. The van der Waals surface area contributed by atoms with Gasteiger partial charge in [0.1, 0.15) is 0 Å². The predicted molar refractivity (Wildman–Crippen MR) is 81.9 cm³/mol. The maximum atomic E-state index is 12.5. The van der Waals surface area contributed by atoms with Gasteiger partial charge < -0.3 is 15.2 Å². The first-order valence-electron chi connectivity index (χ1n) is 7.32. The molecule has 1 aromatic carbocycles. The van der Waals surface area contributed by atoms with Crippen LogP contribution in [0.25, 0.3) is 10.9 Å². The number of piperidine rings is 1. The molecule has 1 fully saturated rings. The first-order valence-corrected chi connectivity index (χ1v) is 7.32. The Kier molecular flexibility index (Phi) is 3.38. The number of para-hydroxylation sites is 1. The predicted octanol–water partition coefficient (Wildman–Crippen LogP) is 3.96. The van der Waals surface area contributed by atoms with Crippen LogP contribution in [0.4, 0.5) is 10.5 Å². The van der Waals surface area contributed by atoms with Crippen molar-refractivity contribution in [1.82, 2.24) is 9.88 Å². The smallest absolute Gasteiger partial charge is 0.322 e. The van der Waals surface area contributed by atoms with Gasteiger partial charge in [0.2, 0.25) is 0 Å². The van der Waals surface area contributed by atoms with Crippen LogP contribution in [0.5, 0.6) is 0 Å². The van der Waals surface area contributed by atoms with Crippen molar-refractivity contribution in [2.24, 2.45) is 0 Å². The number of aromatic amines is 1. The van der Waals surface area contributed by atoms with Gasteiger partial charge in [0.15, 0.2) is 0 Å². The van der Waals surface area contributed by atoms with E-state index in [0.717, 1.165) is 29.4 Å². The molecule has 0 saturated carbocycles. The second-order valence-electron chi connectivity index (χ2n) is 5.71. The third-order valence-corrected chi connectivity index (χ3v) is 4.26. The Bertz CT molecular complexity index is 609. The van der Waals surface area contributed by atoms with Crippen LogP contribution in [-0.4, -0.2) is 28.0 Å². The zero-order valence-electron chi connectivity index (χ0n) is 12.0. The number of benzene rings is 1. The fraction of sp³-hybridized carbons (Fsp3) is 0.438. The number of hydrogen-bond acceptors (Lipinski definition) is 1. The standard InChI is InChI=1S/C16H21N3O/c1-11-6-5-7-12(2)19(11)16(20)18-15-10-17-14-9-4-3-8-13(14)15/h3-4,8-12,17H,5-7H2,1-2H3,(H,18,20)/t11-,12+. The summed E-state index contributed by atoms with van der Waals surface area (Å²) in [6.07, 6.45) is 5.25. The molecule has 2 N–H and O–H groups in total. The van der Waals surface area contributed by atoms with Gasteiger partial charge in [-0.25, -0.2) is 4.79 Å². The molecule has 1 aliphatic rings. The first-order chi connectivity index (χ1) is 9.66. The van der Waals surface area contributed by atoms with Gasteiger partial charge in [0, 0.05) is 29.2 Å². The van der Waals surface area contributed by atoms with E-state index in [1.165, 1.54) is 6.42 Å². The van der Waals surface area contributed by atoms with Gasteiger partial charge in [-0.15, -0.1) is 0 Å². The molecule has 0 unspecified atom stereocenters. The van der Waals surface area contributed by atoms with Gasteiger partial charge in [-0.3, -0.25) is 0 Å². The minimum Gasteiger partial charge on any atom is -0.359 e. The van der Waals surface area contributed by atoms with Crippen molar-refractivity contribution in [3.05, 3.63) is 30.5 Å². The average Bonchev–Trinajstić information content (AvgIpc) is 2.82. The normalized spacial score (nSPS) is 23.0. The summed E-state index contributed by atoms with van der Waals surface area (Å²) in [6.45, 7) is 4.26. The third-order valence-electron chi connectivity index (χ3n) is 4.26. The first kappa shape index (κ1) is 13.0. The second kappa shape index (κ2) is 5.19. The van der Waals surface area contributed by atoms with E-state index in [1.54, 1.807) is 0 Å². The number of likely N-dealkylation sites (tertiary alicyclic amines) is 1. The van der Waals surface area contributed by atoms with Gasteiger partial charge in [-0.05, 0) is 39.2 Å². The van der Waals surface area contributed by atoms with Crippen LogP contribution in [0.15, 0.2) is 30.5 Å². The van der Waals surface area contributed by atoms with E-state index in [-0.39, 0.29) is 6.03 Å². The number of hydrogen-bond donors (Lipinski definition) is 2. The van der Waals surface area contributed by atoms with Gasteiger partial charge in [0.25, 0.3) is 0 Å². The number of amides is 2. The summed E-state index contributed by atoms with van der Waals surface area (Å²) in [7, 11) is 0. The van der Waals surface area contributed by atoms with E-state index >= 15 is 0 Å². The number of aromatic nitrogens is 1. The molecule has 20 heavy (non-hydrogen) atoms. The highest BCUT2D eigenvalue weighted by molar-refractivity contribution is 6.01. The third kappa shape index (κ3) is 2.26. The number of carbonyl (C=O) groups excluding carboxylic acids is 1. The molecule has 1 saturated heterocycles. The lowest BCUT2D eigenvalue weighted by atomic mass is 9.98. The Morgan fingerprint density at radius 3 is 2.70 bits per heavy atom. The number of fused-ring (bicyclic) bond motifs is 1. The molecule has 1 aromatic heterocycles. The molecule has 0 radical (unpaired) electrons. The summed E-state index contributed by atoms with van der Waals surface area (Å²) in [6, 6.07) is 8.63. The number of urea groups is 1. The molecule has 0 aliphatic carbocycles. The lowest BCUT2D eigenvalue weighted by Crippen LogP contribution is -2.49. The number of H-pyrrole nitrogens is 1. The van der Waals surface area contributed by atoms with Crippen LogP contribution in [0.3, 0.4) is 0 Å². The maximum absolute atomic E-state index is 12.5. The molecule has 4 heteroatoms. The summed E-state index contributed by atoms with van der Waals surface area (Å²) in [5, 5.41) is 4.11.